The van der Waals surface area contributed by atoms with E-state index in [-0.39, 0.29) is 12.5 Å². The van der Waals surface area contributed by atoms with E-state index < -0.39 is 0 Å². The van der Waals surface area contributed by atoms with Crippen LogP contribution in [0.1, 0.15) is 12.0 Å². The fourth-order valence-corrected chi connectivity index (χ4v) is 1.94. The predicted molar refractivity (Wildman–Crippen MR) is 63.8 cm³/mol. The van der Waals surface area contributed by atoms with Crippen LogP contribution in [0.3, 0.4) is 0 Å². The number of nitrogens with one attached hydrogen (secondary N) is 2. The van der Waals surface area contributed by atoms with Crippen molar-refractivity contribution in [1.29, 1.82) is 0 Å². The Morgan fingerprint density at radius 2 is 2.44 bits per heavy atom. The first kappa shape index (κ1) is 11.0. The van der Waals surface area contributed by atoms with Crippen molar-refractivity contribution in [2.75, 3.05) is 30.9 Å². The molecule has 0 saturated carbocycles. The molecule has 1 heterocycles. The Morgan fingerprint density at radius 1 is 1.56 bits per heavy atom. The van der Waals surface area contributed by atoms with Gasteiger partial charge in [0.25, 0.3) is 0 Å². The van der Waals surface area contributed by atoms with Crippen LogP contribution < -0.4 is 10.6 Å². The van der Waals surface area contributed by atoms with Crippen molar-refractivity contribution in [1.82, 2.24) is 0 Å². The topological polar surface area (TPSA) is 50.4 Å². The number of methoxy groups -OCH3 is 1. The number of rotatable bonds is 3. The van der Waals surface area contributed by atoms with E-state index in [2.05, 4.69) is 10.6 Å². The van der Waals surface area contributed by atoms with Gasteiger partial charge in [0.1, 0.15) is 6.61 Å². The van der Waals surface area contributed by atoms with Crippen molar-refractivity contribution in [3.63, 3.8) is 0 Å². The summed E-state index contributed by atoms with van der Waals surface area (Å²) in [5.74, 6) is -0.110. The largest absolute Gasteiger partial charge is 0.385 e. The number of carbonyl (C=O) groups excluding carboxylic acids is 1. The Kier molecular flexibility index (Phi) is 3.41. The molecule has 0 aliphatic carbocycles. The lowest BCUT2D eigenvalue weighted by molar-refractivity contribution is -0.119. The van der Waals surface area contributed by atoms with Crippen molar-refractivity contribution < 1.29 is 9.53 Å². The number of hydrogen-bond donors (Lipinski definition) is 2. The Balaban J connectivity index is 2.17. The maximum Gasteiger partial charge on any atom is 0.250 e. The van der Waals surface area contributed by atoms with Gasteiger partial charge in [-0.1, -0.05) is 6.07 Å². The van der Waals surface area contributed by atoms with E-state index in [9.17, 15) is 4.79 Å². The number of hydrogen-bond acceptors (Lipinski definition) is 3. The Bertz CT molecular complexity index is 391. The summed E-state index contributed by atoms with van der Waals surface area (Å²) in [5, 5.41) is 6.19. The zero-order chi connectivity index (χ0) is 11.4. The molecule has 0 bridgehead atoms. The monoisotopic (exact) mass is 220 g/mol. The average molecular weight is 220 g/mol. The molecule has 1 aromatic rings. The van der Waals surface area contributed by atoms with Gasteiger partial charge in [-0.05, 0) is 30.5 Å². The average Bonchev–Trinajstić information content (AvgIpc) is 2.30. The molecule has 2 N–H and O–H groups in total. The van der Waals surface area contributed by atoms with E-state index in [4.69, 9.17) is 4.74 Å². The third-order valence-corrected chi connectivity index (χ3v) is 2.64. The second-order valence-electron chi connectivity index (χ2n) is 3.84. The summed E-state index contributed by atoms with van der Waals surface area (Å²) in [5.41, 5.74) is 3.21. The zero-order valence-electron chi connectivity index (χ0n) is 9.38. The van der Waals surface area contributed by atoms with Gasteiger partial charge >= 0.3 is 0 Å². The van der Waals surface area contributed by atoms with Crippen molar-refractivity contribution in [3.05, 3.63) is 23.8 Å². The lowest BCUT2D eigenvalue weighted by Gasteiger charge is -2.21. The first-order valence-corrected chi connectivity index (χ1v) is 5.46. The highest BCUT2D eigenvalue weighted by atomic mass is 16.5. The first-order chi connectivity index (χ1) is 7.81. The molecule has 0 atom stereocenters. The molecule has 0 radical (unpaired) electrons. The number of ether oxygens (including phenoxy) is 1. The van der Waals surface area contributed by atoms with Crippen LogP contribution in [0, 0.1) is 0 Å². The smallest absolute Gasteiger partial charge is 0.250 e. The second-order valence-corrected chi connectivity index (χ2v) is 3.84. The molecule has 4 heteroatoms. The summed E-state index contributed by atoms with van der Waals surface area (Å²) in [6, 6.07) is 5.92. The number of carbonyl (C=O) groups is 1. The number of fused-ring (bicyclic) bond motifs is 1. The highest BCUT2D eigenvalue weighted by Crippen LogP contribution is 2.28. The summed E-state index contributed by atoms with van der Waals surface area (Å²) in [6.07, 6.45) is 2.11. The Morgan fingerprint density at radius 3 is 3.25 bits per heavy atom. The van der Waals surface area contributed by atoms with E-state index in [0.717, 1.165) is 30.8 Å². The van der Waals surface area contributed by atoms with Gasteiger partial charge in [0.2, 0.25) is 5.91 Å². The van der Waals surface area contributed by atoms with Gasteiger partial charge in [0.05, 0.1) is 0 Å². The van der Waals surface area contributed by atoms with E-state index in [1.54, 1.807) is 0 Å². The van der Waals surface area contributed by atoms with Crippen molar-refractivity contribution in [2.45, 2.75) is 12.8 Å². The van der Waals surface area contributed by atoms with Gasteiger partial charge in [0.15, 0.2) is 0 Å². The quantitative estimate of drug-likeness (QED) is 0.814. The highest BCUT2D eigenvalue weighted by Gasteiger charge is 2.13. The van der Waals surface area contributed by atoms with Gasteiger partial charge in [0, 0.05) is 25.0 Å². The zero-order valence-corrected chi connectivity index (χ0v) is 9.38. The summed E-state index contributed by atoms with van der Waals surface area (Å²) in [7, 11) is 1.52. The summed E-state index contributed by atoms with van der Waals surface area (Å²) >= 11 is 0. The first-order valence-electron chi connectivity index (χ1n) is 5.46. The van der Waals surface area contributed by atoms with Crippen LogP contribution in [0.25, 0.3) is 0 Å². The standard InChI is InChI=1S/C12H16N2O2/c1-16-8-12(15)14-11-6-2-5-10-9(11)4-3-7-13-10/h2,5-6,13H,3-4,7-8H2,1H3,(H,14,15). The molecule has 0 unspecified atom stereocenters. The van der Waals surface area contributed by atoms with Gasteiger partial charge in [-0.3, -0.25) is 4.79 Å². The minimum atomic E-state index is -0.110. The van der Waals surface area contributed by atoms with Crippen LogP contribution in [0.2, 0.25) is 0 Å². The molecule has 0 spiro atoms. The Labute approximate surface area is 95.0 Å². The maximum atomic E-state index is 11.4. The molecule has 1 aliphatic heterocycles. The minimum Gasteiger partial charge on any atom is -0.385 e. The molecule has 0 aromatic heterocycles. The van der Waals surface area contributed by atoms with Crippen LogP contribution in [0.4, 0.5) is 11.4 Å². The lowest BCUT2D eigenvalue weighted by atomic mass is 10.0. The third kappa shape index (κ3) is 2.33. The van der Waals surface area contributed by atoms with E-state index in [0.29, 0.717) is 0 Å². The maximum absolute atomic E-state index is 11.4. The van der Waals surface area contributed by atoms with Crippen LogP contribution >= 0.6 is 0 Å². The van der Waals surface area contributed by atoms with E-state index in [1.165, 1.54) is 12.7 Å². The van der Waals surface area contributed by atoms with Gasteiger partial charge in [-0.15, -0.1) is 0 Å². The van der Waals surface area contributed by atoms with Crippen molar-refractivity contribution >= 4 is 17.3 Å². The summed E-state index contributed by atoms with van der Waals surface area (Å²) in [4.78, 5) is 11.4. The molecule has 0 saturated heterocycles. The van der Waals surface area contributed by atoms with E-state index >= 15 is 0 Å². The van der Waals surface area contributed by atoms with Crippen LogP contribution in [-0.2, 0) is 16.0 Å². The SMILES string of the molecule is COCC(=O)Nc1cccc2c1CCCN2. The van der Waals surface area contributed by atoms with Gasteiger partial charge in [-0.2, -0.15) is 0 Å². The van der Waals surface area contributed by atoms with Crippen molar-refractivity contribution in [3.8, 4) is 0 Å². The summed E-state index contributed by atoms with van der Waals surface area (Å²) in [6.45, 7) is 1.10. The molecule has 1 aromatic carbocycles. The highest BCUT2D eigenvalue weighted by molar-refractivity contribution is 5.93. The van der Waals surface area contributed by atoms with Gasteiger partial charge < -0.3 is 15.4 Å². The minimum absolute atomic E-state index is 0.0943. The molecular formula is C12H16N2O2. The fraction of sp³-hybridized carbons (Fsp3) is 0.417. The number of anilines is 2. The van der Waals surface area contributed by atoms with Crippen LogP contribution in [0.5, 0.6) is 0 Å². The van der Waals surface area contributed by atoms with Gasteiger partial charge in [-0.25, -0.2) is 0 Å². The Hall–Kier alpha value is -1.55. The van der Waals surface area contributed by atoms with Crippen LogP contribution in [-0.4, -0.2) is 26.2 Å². The normalized spacial score (nSPS) is 13.8. The molecule has 1 amide bonds. The number of benzene rings is 1. The molecule has 4 nitrogen and oxygen atoms in total. The third-order valence-electron chi connectivity index (χ3n) is 2.64. The second kappa shape index (κ2) is 4.99. The molecular weight excluding hydrogens is 204 g/mol. The van der Waals surface area contributed by atoms with Crippen LogP contribution in [0.15, 0.2) is 18.2 Å². The number of amides is 1. The molecule has 86 valence electrons. The summed E-state index contributed by atoms with van der Waals surface area (Å²) < 4.78 is 4.79. The molecule has 0 fully saturated rings. The molecule has 1 aliphatic rings. The lowest BCUT2D eigenvalue weighted by Crippen LogP contribution is -2.20. The molecule has 16 heavy (non-hydrogen) atoms. The fourth-order valence-electron chi connectivity index (χ4n) is 1.94. The molecule has 2 rings (SSSR count). The predicted octanol–water partition coefficient (Wildman–Crippen LogP) is 1.63. The van der Waals surface area contributed by atoms with E-state index in [1.807, 2.05) is 18.2 Å². The van der Waals surface area contributed by atoms with Crippen molar-refractivity contribution in [2.24, 2.45) is 0 Å².